The van der Waals surface area contributed by atoms with Crippen LogP contribution in [0.2, 0.25) is 5.02 Å². The molecule has 1 aromatic carbocycles. The van der Waals surface area contributed by atoms with E-state index in [0.717, 1.165) is 36.1 Å². The second-order valence-electron chi connectivity index (χ2n) is 5.78. The summed E-state index contributed by atoms with van der Waals surface area (Å²) in [6, 6.07) is 5.27. The van der Waals surface area contributed by atoms with Crippen LogP contribution in [0.5, 0.6) is 0 Å². The third kappa shape index (κ3) is 3.35. The average molecular weight is 364 g/mol. The molecule has 0 spiro atoms. The van der Waals surface area contributed by atoms with Crippen LogP contribution in [0.1, 0.15) is 23.2 Å². The minimum Gasteiger partial charge on any atom is -0.324 e. The van der Waals surface area contributed by atoms with Gasteiger partial charge in [0.15, 0.2) is 5.16 Å². The Morgan fingerprint density at radius 2 is 2.21 bits per heavy atom. The topological polar surface area (TPSA) is 64.0 Å². The van der Waals surface area contributed by atoms with Gasteiger partial charge in [0.2, 0.25) is 5.91 Å². The maximum atomic E-state index is 12.7. The highest BCUT2D eigenvalue weighted by Gasteiger charge is 2.21. The van der Waals surface area contributed by atoms with Crippen molar-refractivity contribution in [1.82, 2.24) is 9.55 Å². The number of amides is 1. The molecule has 0 atom stereocenters. The van der Waals surface area contributed by atoms with Gasteiger partial charge in [0.05, 0.1) is 5.69 Å². The van der Waals surface area contributed by atoms with Crippen LogP contribution in [0.15, 0.2) is 28.2 Å². The smallest absolute Gasteiger partial charge is 0.258 e. The lowest BCUT2D eigenvalue weighted by atomic mass is 10.2. The van der Waals surface area contributed by atoms with E-state index < -0.39 is 0 Å². The molecule has 1 N–H and O–H groups in total. The lowest BCUT2D eigenvalue weighted by molar-refractivity contribution is -0.116. The maximum absolute atomic E-state index is 12.7. The summed E-state index contributed by atoms with van der Waals surface area (Å²) in [5.41, 5.74) is 3.11. The quantitative estimate of drug-likeness (QED) is 0.669. The Labute approximate surface area is 149 Å². The van der Waals surface area contributed by atoms with Crippen molar-refractivity contribution in [2.75, 3.05) is 11.6 Å². The number of rotatable bonds is 4. The zero-order valence-electron chi connectivity index (χ0n) is 13.6. The van der Waals surface area contributed by atoms with E-state index in [0.29, 0.717) is 15.9 Å². The van der Waals surface area contributed by atoms with Crippen LogP contribution in [0.25, 0.3) is 0 Å². The number of aromatic nitrogens is 2. The molecule has 0 fully saturated rings. The number of aryl methyl sites for hydroxylation is 2. The third-order valence-corrected chi connectivity index (χ3v) is 5.01. The van der Waals surface area contributed by atoms with Gasteiger partial charge in [0.25, 0.3) is 5.56 Å². The molecule has 3 rings (SSSR count). The van der Waals surface area contributed by atoms with E-state index in [-0.39, 0.29) is 18.0 Å². The lowest BCUT2D eigenvalue weighted by Gasteiger charge is -2.13. The predicted molar refractivity (Wildman–Crippen MR) is 97.1 cm³/mol. The zero-order chi connectivity index (χ0) is 17.3. The van der Waals surface area contributed by atoms with Gasteiger partial charge in [-0.2, -0.15) is 0 Å². The van der Waals surface area contributed by atoms with Crippen LogP contribution in [-0.2, 0) is 24.2 Å². The molecule has 0 aliphatic heterocycles. The van der Waals surface area contributed by atoms with Gasteiger partial charge in [-0.05, 0) is 56.2 Å². The van der Waals surface area contributed by atoms with Crippen molar-refractivity contribution in [1.29, 1.82) is 0 Å². The third-order valence-electron chi connectivity index (χ3n) is 4.10. The molecule has 126 valence electrons. The van der Waals surface area contributed by atoms with Gasteiger partial charge in [-0.25, -0.2) is 4.98 Å². The van der Waals surface area contributed by atoms with Crippen LogP contribution < -0.4 is 10.9 Å². The van der Waals surface area contributed by atoms with Crippen molar-refractivity contribution < 1.29 is 4.79 Å². The van der Waals surface area contributed by atoms with Gasteiger partial charge in [0.1, 0.15) is 6.54 Å². The molecule has 0 bridgehead atoms. The lowest BCUT2D eigenvalue weighted by Crippen LogP contribution is -2.32. The molecule has 1 aromatic heterocycles. The van der Waals surface area contributed by atoms with Crippen molar-refractivity contribution in [2.24, 2.45) is 0 Å². The van der Waals surface area contributed by atoms with Gasteiger partial charge < -0.3 is 5.32 Å². The Morgan fingerprint density at radius 3 is 2.92 bits per heavy atom. The number of fused-ring (bicyclic) bond motifs is 1. The van der Waals surface area contributed by atoms with Gasteiger partial charge in [0, 0.05) is 16.3 Å². The van der Waals surface area contributed by atoms with E-state index in [1.165, 1.54) is 16.3 Å². The van der Waals surface area contributed by atoms with Crippen molar-refractivity contribution in [2.45, 2.75) is 37.9 Å². The minimum atomic E-state index is -0.252. The fourth-order valence-electron chi connectivity index (χ4n) is 2.90. The molecular formula is C17H18ClN3O2S. The first kappa shape index (κ1) is 17.0. The number of nitrogens with zero attached hydrogens (tertiary/aromatic N) is 2. The van der Waals surface area contributed by atoms with E-state index in [4.69, 9.17) is 11.6 Å². The normalized spacial score (nSPS) is 13.0. The number of carbonyl (C=O) groups excluding carboxylic acids is 1. The number of halogens is 1. The minimum absolute atomic E-state index is 0.0443. The maximum Gasteiger partial charge on any atom is 0.258 e. The van der Waals surface area contributed by atoms with E-state index in [1.54, 1.807) is 18.2 Å². The van der Waals surface area contributed by atoms with Gasteiger partial charge in [-0.15, -0.1) is 0 Å². The van der Waals surface area contributed by atoms with Crippen molar-refractivity contribution >= 4 is 35.0 Å². The summed E-state index contributed by atoms with van der Waals surface area (Å²) in [6.07, 6.45) is 4.40. The molecular weight excluding hydrogens is 346 g/mol. The highest BCUT2D eigenvalue weighted by Crippen LogP contribution is 2.21. The summed E-state index contributed by atoms with van der Waals surface area (Å²) in [5.74, 6) is -0.252. The molecule has 0 unspecified atom stereocenters. The van der Waals surface area contributed by atoms with Crippen LogP contribution in [0.3, 0.4) is 0 Å². The van der Waals surface area contributed by atoms with Gasteiger partial charge >= 0.3 is 0 Å². The fraction of sp³-hybridized carbons (Fsp3) is 0.353. The molecule has 0 saturated carbocycles. The average Bonchev–Trinajstić information content (AvgIpc) is 3.01. The Balaban J connectivity index is 1.85. The summed E-state index contributed by atoms with van der Waals surface area (Å²) >= 11 is 7.31. The second kappa shape index (κ2) is 6.99. The predicted octanol–water partition coefficient (Wildman–Crippen LogP) is 3.05. The van der Waals surface area contributed by atoms with Crippen molar-refractivity contribution in [3.05, 3.63) is 50.4 Å². The largest absolute Gasteiger partial charge is 0.324 e. The van der Waals surface area contributed by atoms with E-state index in [9.17, 15) is 9.59 Å². The number of nitrogens with one attached hydrogen (secondary N) is 1. The summed E-state index contributed by atoms with van der Waals surface area (Å²) in [7, 11) is 0. The SMILES string of the molecule is CSc1nc2c(c(=O)n1CC(=O)Nc1ccc(Cl)cc1C)CCC2. The number of thioether (sulfide) groups is 1. The Hall–Kier alpha value is -1.79. The highest BCUT2D eigenvalue weighted by atomic mass is 35.5. The summed E-state index contributed by atoms with van der Waals surface area (Å²) in [6.45, 7) is 1.83. The monoisotopic (exact) mass is 363 g/mol. The first-order chi connectivity index (χ1) is 11.5. The van der Waals surface area contributed by atoms with E-state index in [2.05, 4.69) is 10.3 Å². The van der Waals surface area contributed by atoms with Crippen LogP contribution in [0, 0.1) is 6.92 Å². The molecule has 0 saturated heterocycles. The van der Waals surface area contributed by atoms with E-state index in [1.807, 2.05) is 13.2 Å². The van der Waals surface area contributed by atoms with Crippen LogP contribution >= 0.6 is 23.4 Å². The molecule has 5 nitrogen and oxygen atoms in total. The zero-order valence-corrected chi connectivity index (χ0v) is 15.1. The summed E-state index contributed by atoms with van der Waals surface area (Å²) < 4.78 is 1.47. The first-order valence-electron chi connectivity index (χ1n) is 7.72. The van der Waals surface area contributed by atoms with Crippen molar-refractivity contribution in [3.63, 3.8) is 0 Å². The van der Waals surface area contributed by atoms with Gasteiger partial charge in [-0.3, -0.25) is 14.2 Å². The number of hydrogen-bond donors (Lipinski definition) is 1. The summed E-state index contributed by atoms with van der Waals surface area (Å²) in [5, 5.41) is 4.04. The number of hydrogen-bond acceptors (Lipinski definition) is 4. The Kier molecular flexibility index (Phi) is 4.96. The molecule has 2 aromatic rings. The molecule has 1 aliphatic rings. The van der Waals surface area contributed by atoms with Crippen molar-refractivity contribution in [3.8, 4) is 0 Å². The van der Waals surface area contributed by atoms with Gasteiger partial charge in [-0.1, -0.05) is 23.4 Å². The molecule has 7 heteroatoms. The number of benzene rings is 1. The van der Waals surface area contributed by atoms with Crippen LogP contribution in [0.4, 0.5) is 5.69 Å². The number of anilines is 1. The highest BCUT2D eigenvalue weighted by molar-refractivity contribution is 7.98. The van der Waals surface area contributed by atoms with Crippen LogP contribution in [-0.4, -0.2) is 21.7 Å². The summed E-state index contributed by atoms with van der Waals surface area (Å²) in [4.78, 5) is 29.6. The molecule has 24 heavy (non-hydrogen) atoms. The molecule has 0 radical (unpaired) electrons. The Bertz CT molecular complexity index is 864. The molecule has 1 aliphatic carbocycles. The number of carbonyl (C=O) groups is 1. The fourth-order valence-corrected chi connectivity index (χ4v) is 3.70. The Morgan fingerprint density at radius 1 is 1.42 bits per heavy atom. The molecule has 1 amide bonds. The van der Waals surface area contributed by atoms with E-state index >= 15 is 0 Å². The molecule has 1 heterocycles. The standard InChI is InChI=1S/C17H18ClN3O2S/c1-10-8-11(18)6-7-13(10)19-15(22)9-21-16(23)12-4-3-5-14(12)20-17(21)24-2/h6-8H,3-5,9H2,1-2H3,(H,19,22). The second-order valence-corrected chi connectivity index (χ2v) is 6.99. The first-order valence-corrected chi connectivity index (χ1v) is 9.32.